The minimum Gasteiger partial charge on any atom is -0.550 e. The molecule has 1 aliphatic carbocycles. The van der Waals surface area contributed by atoms with Crippen molar-refractivity contribution in [1.29, 1.82) is 0 Å². The number of nitrogens with one attached hydrogen (secondary N) is 1. The third-order valence-electron chi connectivity index (χ3n) is 4.00. The molecule has 1 amide bonds. The summed E-state index contributed by atoms with van der Waals surface area (Å²) in [6.07, 6.45) is 5.13. The molecule has 1 aromatic rings. The summed E-state index contributed by atoms with van der Waals surface area (Å²) < 4.78 is 0. The molecule has 1 saturated heterocycles. The predicted molar refractivity (Wildman–Crippen MR) is 87.2 cm³/mol. The van der Waals surface area contributed by atoms with Gasteiger partial charge in [-0.15, -0.1) is 5.10 Å². The third kappa shape index (κ3) is 3.98. The second-order valence-corrected chi connectivity index (χ2v) is 6.81. The van der Waals surface area contributed by atoms with Crippen LogP contribution in [-0.2, 0) is 9.59 Å². The first-order valence-electron chi connectivity index (χ1n) is 7.50. The fraction of sp³-hybridized carbons (Fsp3) is 0.375. The van der Waals surface area contributed by atoms with Gasteiger partial charge in [0.15, 0.2) is 5.17 Å². The van der Waals surface area contributed by atoms with E-state index < -0.39 is 11.2 Å². The van der Waals surface area contributed by atoms with Crippen LogP contribution in [-0.4, -0.2) is 28.5 Å². The quantitative estimate of drug-likeness (QED) is 0.644. The highest BCUT2D eigenvalue weighted by Crippen LogP contribution is 2.36. The molecule has 1 unspecified atom stereocenters. The lowest BCUT2D eigenvalue weighted by atomic mass is 9.80. The van der Waals surface area contributed by atoms with Gasteiger partial charge < -0.3 is 15.2 Å². The van der Waals surface area contributed by atoms with Crippen LogP contribution in [0.5, 0.6) is 0 Å². The van der Waals surface area contributed by atoms with E-state index in [1.807, 2.05) is 12.1 Å². The number of nitrogens with zero attached hydrogens (tertiary/aromatic N) is 2. The number of benzene rings is 1. The second-order valence-electron chi connectivity index (χ2n) is 5.62. The summed E-state index contributed by atoms with van der Waals surface area (Å²) in [5.41, 5.74) is 2.29. The Labute approximate surface area is 138 Å². The van der Waals surface area contributed by atoms with Gasteiger partial charge in [0.2, 0.25) is 5.91 Å². The van der Waals surface area contributed by atoms with Gasteiger partial charge in [-0.2, -0.15) is 5.10 Å². The summed E-state index contributed by atoms with van der Waals surface area (Å²) >= 11 is 1.05. The number of carbonyl (C=O) groups excluding carboxylic acids is 2. The number of amidine groups is 1. The number of amides is 1. The Morgan fingerprint density at radius 3 is 2.70 bits per heavy atom. The molecule has 2 aliphatic rings. The third-order valence-corrected chi connectivity index (χ3v) is 5.07. The number of rotatable bonds is 5. The Kier molecular flexibility index (Phi) is 4.76. The maximum atomic E-state index is 11.5. The molecule has 7 heteroatoms. The molecule has 6 nitrogen and oxygen atoms in total. The number of hydrogen-bond acceptors (Lipinski definition) is 6. The summed E-state index contributed by atoms with van der Waals surface area (Å²) in [7, 11) is 0. The lowest BCUT2D eigenvalue weighted by molar-refractivity contribution is -0.305. The summed E-state index contributed by atoms with van der Waals surface area (Å²) in [6.45, 7) is 0. The highest BCUT2D eigenvalue weighted by molar-refractivity contribution is 8.15. The van der Waals surface area contributed by atoms with Gasteiger partial charge in [-0.1, -0.05) is 42.4 Å². The molecule has 1 aromatic carbocycles. The number of hydrogen-bond donors (Lipinski definition) is 1. The SMILES string of the molecule is O=C([O-])CC1S/C(=N/N=C/c2ccc(C3CCC3)cc2)NC1=O. The van der Waals surface area contributed by atoms with E-state index in [1.165, 1.54) is 24.8 Å². The molecule has 1 saturated carbocycles. The normalized spacial score (nSPS) is 23.2. The van der Waals surface area contributed by atoms with E-state index in [4.69, 9.17) is 0 Å². The van der Waals surface area contributed by atoms with Crippen molar-refractivity contribution in [3.63, 3.8) is 0 Å². The number of carbonyl (C=O) groups is 2. The van der Waals surface area contributed by atoms with Crippen LogP contribution in [0.25, 0.3) is 0 Å². The van der Waals surface area contributed by atoms with Gasteiger partial charge >= 0.3 is 0 Å². The van der Waals surface area contributed by atoms with E-state index in [-0.39, 0.29) is 12.3 Å². The van der Waals surface area contributed by atoms with Crippen LogP contribution in [0.4, 0.5) is 0 Å². The zero-order valence-electron chi connectivity index (χ0n) is 12.4. The van der Waals surface area contributed by atoms with Crippen LogP contribution in [0.1, 0.15) is 42.7 Å². The van der Waals surface area contributed by atoms with Crippen LogP contribution in [0, 0.1) is 0 Å². The van der Waals surface area contributed by atoms with E-state index in [1.54, 1.807) is 6.21 Å². The minimum absolute atomic E-state index is 0.309. The Balaban J connectivity index is 1.57. The van der Waals surface area contributed by atoms with Crippen LogP contribution in [0.3, 0.4) is 0 Å². The molecule has 0 radical (unpaired) electrons. The van der Waals surface area contributed by atoms with E-state index >= 15 is 0 Å². The average Bonchev–Trinajstić information content (AvgIpc) is 2.78. The van der Waals surface area contributed by atoms with E-state index in [0.29, 0.717) is 11.1 Å². The summed E-state index contributed by atoms with van der Waals surface area (Å²) in [5.74, 6) is -0.932. The molecule has 1 aliphatic heterocycles. The van der Waals surface area contributed by atoms with Crippen molar-refractivity contribution in [2.75, 3.05) is 0 Å². The Morgan fingerprint density at radius 2 is 2.09 bits per heavy atom. The molecule has 0 spiro atoms. The number of aliphatic carboxylic acids is 1. The first-order valence-corrected chi connectivity index (χ1v) is 8.38. The van der Waals surface area contributed by atoms with Crippen molar-refractivity contribution >= 4 is 35.0 Å². The van der Waals surface area contributed by atoms with Crippen molar-refractivity contribution < 1.29 is 14.7 Å². The maximum absolute atomic E-state index is 11.5. The zero-order valence-corrected chi connectivity index (χ0v) is 13.2. The Morgan fingerprint density at radius 1 is 1.35 bits per heavy atom. The predicted octanol–water partition coefficient (Wildman–Crippen LogP) is 1.02. The number of carboxylic acids is 1. The number of carboxylic acid groups (broad SMARTS) is 1. The molecule has 1 atom stereocenters. The molecule has 0 bridgehead atoms. The fourth-order valence-electron chi connectivity index (χ4n) is 2.48. The lowest BCUT2D eigenvalue weighted by Crippen LogP contribution is -2.31. The first kappa shape index (κ1) is 15.7. The fourth-order valence-corrected chi connectivity index (χ4v) is 3.39. The highest BCUT2D eigenvalue weighted by atomic mass is 32.2. The average molecular weight is 330 g/mol. The van der Waals surface area contributed by atoms with E-state index in [0.717, 1.165) is 17.3 Å². The van der Waals surface area contributed by atoms with Crippen LogP contribution in [0.15, 0.2) is 34.5 Å². The van der Waals surface area contributed by atoms with Crippen LogP contribution in [0.2, 0.25) is 0 Å². The standard InChI is InChI=1S/C16H17N3O3S/c20-14(21)8-13-15(22)18-16(23-13)19-17-9-10-4-6-12(7-5-10)11-2-1-3-11/h4-7,9,11,13H,1-3,8H2,(H,20,21)(H,18,19,22)/p-1/b17-9+. The van der Waals surface area contributed by atoms with Crippen molar-refractivity contribution in [2.24, 2.45) is 10.2 Å². The second kappa shape index (κ2) is 6.95. The van der Waals surface area contributed by atoms with Gasteiger partial charge in [-0.3, -0.25) is 4.79 Å². The van der Waals surface area contributed by atoms with Gasteiger partial charge in [0.1, 0.15) is 0 Å². The Hall–Kier alpha value is -2.15. The minimum atomic E-state index is -1.26. The molecule has 3 rings (SSSR count). The summed E-state index contributed by atoms with van der Waals surface area (Å²) in [6, 6.07) is 8.22. The largest absolute Gasteiger partial charge is 0.550 e. The molecule has 1 N–H and O–H groups in total. The molecule has 2 fully saturated rings. The zero-order chi connectivity index (χ0) is 16.2. The van der Waals surface area contributed by atoms with Gasteiger partial charge in [-0.05, 0) is 29.9 Å². The van der Waals surface area contributed by atoms with E-state index in [9.17, 15) is 14.7 Å². The van der Waals surface area contributed by atoms with Crippen molar-refractivity contribution in [3.05, 3.63) is 35.4 Å². The first-order chi connectivity index (χ1) is 11.1. The molecule has 0 aromatic heterocycles. The van der Waals surface area contributed by atoms with Crippen molar-refractivity contribution in [3.8, 4) is 0 Å². The Bertz CT molecular complexity index is 666. The van der Waals surface area contributed by atoms with Crippen LogP contribution >= 0.6 is 11.8 Å². The monoisotopic (exact) mass is 330 g/mol. The van der Waals surface area contributed by atoms with Crippen molar-refractivity contribution in [2.45, 2.75) is 36.9 Å². The van der Waals surface area contributed by atoms with E-state index in [2.05, 4.69) is 27.7 Å². The molecular weight excluding hydrogens is 314 g/mol. The summed E-state index contributed by atoms with van der Waals surface area (Å²) in [4.78, 5) is 22.1. The lowest BCUT2D eigenvalue weighted by Gasteiger charge is -2.25. The highest BCUT2D eigenvalue weighted by Gasteiger charge is 2.30. The molecular formula is C16H16N3O3S-. The van der Waals surface area contributed by atoms with Gasteiger partial charge in [0.25, 0.3) is 0 Å². The maximum Gasteiger partial charge on any atom is 0.239 e. The number of thioether (sulfide) groups is 1. The molecule has 120 valence electrons. The molecule has 23 heavy (non-hydrogen) atoms. The summed E-state index contributed by atoms with van der Waals surface area (Å²) in [5, 5.41) is 20.5. The molecule has 1 heterocycles. The topological polar surface area (TPSA) is 93.9 Å². The smallest absolute Gasteiger partial charge is 0.239 e. The van der Waals surface area contributed by atoms with Crippen molar-refractivity contribution in [1.82, 2.24) is 5.32 Å². The van der Waals surface area contributed by atoms with Gasteiger partial charge in [0, 0.05) is 12.4 Å². The van der Waals surface area contributed by atoms with Gasteiger partial charge in [0.05, 0.1) is 11.5 Å². The van der Waals surface area contributed by atoms with Gasteiger partial charge in [-0.25, -0.2) is 0 Å². The van der Waals surface area contributed by atoms with Crippen LogP contribution < -0.4 is 10.4 Å².